The summed E-state index contributed by atoms with van der Waals surface area (Å²) >= 11 is 4.83. The zero-order valence-electron chi connectivity index (χ0n) is 13.4. The molecule has 22 heavy (non-hydrogen) atoms. The van der Waals surface area contributed by atoms with E-state index < -0.39 is 0 Å². The Morgan fingerprint density at radius 1 is 1.45 bits per heavy atom. The fraction of sp³-hybridized carbons (Fsp3) is 0.562. The van der Waals surface area contributed by atoms with Gasteiger partial charge >= 0.3 is 0 Å². The molecule has 122 valence electrons. The molecule has 1 aromatic carbocycles. The van der Waals surface area contributed by atoms with Crippen molar-refractivity contribution >= 4 is 33.6 Å². The zero-order valence-corrected chi connectivity index (χ0v) is 15.8. The summed E-state index contributed by atoms with van der Waals surface area (Å²) in [5.74, 6) is 0.359. The molecule has 1 aliphatic rings. The minimum Gasteiger partial charge on any atom is -0.325 e. The minimum absolute atomic E-state index is 0.000424. The molecule has 1 heterocycles. The molecule has 1 fully saturated rings. The van der Waals surface area contributed by atoms with Crippen molar-refractivity contribution in [3.8, 4) is 0 Å². The van der Waals surface area contributed by atoms with E-state index in [1.807, 2.05) is 19.0 Å². The van der Waals surface area contributed by atoms with Crippen molar-refractivity contribution in [2.75, 3.05) is 32.9 Å². The average molecular weight is 389 g/mol. The number of nitrogens with zero attached hydrogens (tertiary/aromatic N) is 2. The summed E-state index contributed by atoms with van der Waals surface area (Å²) in [7, 11) is 4.08. The summed E-state index contributed by atoms with van der Waals surface area (Å²) in [5.41, 5.74) is 0.962. The molecule has 1 aliphatic heterocycles. The van der Waals surface area contributed by atoms with Gasteiger partial charge in [-0.25, -0.2) is 4.39 Å². The number of halogens is 2. The lowest BCUT2D eigenvalue weighted by atomic mass is 9.92. The predicted octanol–water partition coefficient (Wildman–Crippen LogP) is 3.75. The summed E-state index contributed by atoms with van der Waals surface area (Å²) in [4.78, 5) is 16.3. The van der Waals surface area contributed by atoms with Crippen LogP contribution in [0.5, 0.6) is 0 Å². The molecule has 0 N–H and O–H groups in total. The second kappa shape index (κ2) is 6.89. The van der Waals surface area contributed by atoms with Gasteiger partial charge in [-0.1, -0.05) is 19.9 Å². The second-order valence-electron chi connectivity index (χ2n) is 6.76. The van der Waals surface area contributed by atoms with Crippen LogP contribution >= 0.6 is 27.7 Å². The smallest absolute Gasteiger partial charge is 0.233 e. The molecule has 0 spiro atoms. The number of carbonyl (C=O) groups is 1. The maximum atomic E-state index is 13.4. The van der Waals surface area contributed by atoms with Crippen LogP contribution in [-0.4, -0.2) is 48.6 Å². The van der Waals surface area contributed by atoms with Gasteiger partial charge in [-0.3, -0.25) is 4.79 Å². The van der Waals surface area contributed by atoms with Crippen molar-refractivity contribution in [2.24, 2.45) is 5.41 Å². The van der Waals surface area contributed by atoms with E-state index in [9.17, 15) is 9.18 Å². The molecule has 1 aromatic rings. The number of rotatable bonds is 5. The fourth-order valence-electron chi connectivity index (χ4n) is 2.93. The Labute approximate surface area is 144 Å². The maximum Gasteiger partial charge on any atom is 0.233 e. The molecule has 0 aromatic heterocycles. The molecule has 1 amide bonds. The Hall–Kier alpha value is -0.590. The first-order valence-corrected chi connectivity index (χ1v) is 9.04. The van der Waals surface area contributed by atoms with Gasteiger partial charge in [0.25, 0.3) is 0 Å². The average Bonchev–Trinajstić information content (AvgIpc) is 2.72. The van der Waals surface area contributed by atoms with Crippen molar-refractivity contribution in [2.45, 2.75) is 19.2 Å². The highest BCUT2D eigenvalue weighted by molar-refractivity contribution is 9.10. The van der Waals surface area contributed by atoms with Crippen molar-refractivity contribution in [1.82, 2.24) is 9.80 Å². The molecule has 0 radical (unpaired) electrons. The highest BCUT2D eigenvalue weighted by atomic mass is 79.9. The number of amides is 1. The lowest BCUT2D eigenvalue weighted by molar-refractivity contribution is -0.129. The summed E-state index contributed by atoms with van der Waals surface area (Å²) < 4.78 is 13.9. The molecular formula is C16H22BrFN2OS. The van der Waals surface area contributed by atoms with Crippen LogP contribution in [0.3, 0.4) is 0 Å². The first-order chi connectivity index (χ1) is 10.2. The van der Waals surface area contributed by atoms with Crippen LogP contribution in [0.2, 0.25) is 0 Å². The molecule has 1 saturated heterocycles. The molecule has 2 rings (SSSR count). The highest BCUT2D eigenvalue weighted by Crippen LogP contribution is 2.41. The number of thioether (sulfide) groups is 1. The van der Waals surface area contributed by atoms with Crippen molar-refractivity contribution in [3.63, 3.8) is 0 Å². The molecular weight excluding hydrogens is 367 g/mol. The quantitative estimate of drug-likeness (QED) is 0.767. The van der Waals surface area contributed by atoms with Crippen LogP contribution in [0.1, 0.15) is 24.8 Å². The standard InChI is InChI=1S/C16H22BrFN2OS/c1-16(2,9-19(3)4)10-20-14(21)8-22-15(20)11-5-6-13(18)12(17)7-11/h5-7,15H,8-10H2,1-4H3. The van der Waals surface area contributed by atoms with Crippen LogP contribution in [0.4, 0.5) is 4.39 Å². The van der Waals surface area contributed by atoms with Crippen LogP contribution in [0.25, 0.3) is 0 Å². The van der Waals surface area contributed by atoms with E-state index in [1.54, 1.807) is 23.9 Å². The number of benzene rings is 1. The first-order valence-electron chi connectivity index (χ1n) is 7.20. The van der Waals surface area contributed by atoms with Gasteiger partial charge < -0.3 is 9.80 Å². The molecule has 1 unspecified atom stereocenters. The molecule has 0 aliphatic carbocycles. The lowest BCUT2D eigenvalue weighted by Crippen LogP contribution is -2.41. The Kier molecular flexibility index (Phi) is 5.56. The van der Waals surface area contributed by atoms with Gasteiger partial charge in [-0.2, -0.15) is 0 Å². The molecule has 3 nitrogen and oxygen atoms in total. The lowest BCUT2D eigenvalue weighted by Gasteiger charge is -2.35. The van der Waals surface area contributed by atoms with Crippen LogP contribution in [-0.2, 0) is 4.79 Å². The van der Waals surface area contributed by atoms with E-state index in [0.717, 1.165) is 12.1 Å². The summed E-state index contributed by atoms with van der Waals surface area (Å²) in [6.07, 6.45) is 0. The van der Waals surface area contributed by atoms with Gasteiger partial charge in [0.15, 0.2) is 0 Å². The van der Waals surface area contributed by atoms with E-state index in [4.69, 9.17) is 0 Å². The normalized spacial score (nSPS) is 19.3. The van der Waals surface area contributed by atoms with Gasteiger partial charge in [0.1, 0.15) is 11.2 Å². The van der Waals surface area contributed by atoms with E-state index in [0.29, 0.717) is 16.8 Å². The SMILES string of the molecule is CN(C)CC(C)(C)CN1C(=O)CSC1c1ccc(F)c(Br)c1. The van der Waals surface area contributed by atoms with E-state index >= 15 is 0 Å². The third kappa shape index (κ3) is 4.24. The minimum atomic E-state index is -0.280. The van der Waals surface area contributed by atoms with Gasteiger partial charge in [0.2, 0.25) is 5.91 Å². The fourth-order valence-corrected chi connectivity index (χ4v) is 4.51. The Morgan fingerprint density at radius 3 is 2.73 bits per heavy atom. The maximum absolute atomic E-state index is 13.4. The van der Waals surface area contributed by atoms with Gasteiger partial charge in [0.05, 0.1) is 10.2 Å². The van der Waals surface area contributed by atoms with Crippen molar-refractivity contribution in [1.29, 1.82) is 0 Å². The first kappa shape index (κ1) is 17.8. The van der Waals surface area contributed by atoms with Gasteiger partial charge in [0, 0.05) is 13.1 Å². The van der Waals surface area contributed by atoms with Crippen LogP contribution in [0.15, 0.2) is 22.7 Å². The molecule has 0 saturated carbocycles. The molecule has 1 atom stereocenters. The molecule has 6 heteroatoms. The van der Waals surface area contributed by atoms with E-state index in [1.165, 1.54) is 6.07 Å². The number of carbonyl (C=O) groups excluding carboxylic acids is 1. The largest absolute Gasteiger partial charge is 0.325 e. The van der Waals surface area contributed by atoms with Gasteiger partial charge in [-0.15, -0.1) is 11.8 Å². The predicted molar refractivity (Wildman–Crippen MR) is 93.3 cm³/mol. The van der Waals surface area contributed by atoms with Crippen molar-refractivity contribution < 1.29 is 9.18 Å². The van der Waals surface area contributed by atoms with E-state index in [2.05, 4.69) is 34.7 Å². The van der Waals surface area contributed by atoms with E-state index in [-0.39, 0.29) is 22.5 Å². The Morgan fingerprint density at radius 2 is 2.14 bits per heavy atom. The summed E-state index contributed by atoms with van der Waals surface area (Å²) in [6, 6.07) is 4.99. The third-order valence-electron chi connectivity index (χ3n) is 3.54. The topological polar surface area (TPSA) is 23.6 Å². The van der Waals surface area contributed by atoms with Crippen LogP contribution in [0, 0.1) is 11.2 Å². The Balaban J connectivity index is 2.20. The zero-order chi connectivity index (χ0) is 16.5. The number of hydrogen-bond donors (Lipinski definition) is 0. The van der Waals surface area contributed by atoms with Gasteiger partial charge in [-0.05, 0) is 53.1 Å². The Bertz CT molecular complexity index is 565. The third-order valence-corrected chi connectivity index (χ3v) is 5.40. The van der Waals surface area contributed by atoms with Crippen LogP contribution < -0.4 is 0 Å². The number of hydrogen-bond acceptors (Lipinski definition) is 3. The molecule has 0 bridgehead atoms. The second-order valence-corrected chi connectivity index (χ2v) is 8.68. The summed E-state index contributed by atoms with van der Waals surface area (Å²) in [6.45, 7) is 5.93. The highest BCUT2D eigenvalue weighted by Gasteiger charge is 2.36. The monoisotopic (exact) mass is 388 g/mol. The van der Waals surface area contributed by atoms with Crippen molar-refractivity contribution in [3.05, 3.63) is 34.1 Å². The summed E-state index contributed by atoms with van der Waals surface area (Å²) in [5, 5.41) is -0.0363.